The first-order chi connectivity index (χ1) is 20.9. The molecule has 1 fully saturated rings. The molecule has 1 unspecified atom stereocenters. The SMILES string of the molecule is O=C(CC(NS(=O)(=O)c1cccc(C(F)(F)F)c1)c1cc(Cl)cc(Cl)c1)N[C@@H]1CCCc2cc(CN3CCCCC3)ccc21. The molecule has 2 N–H and O–H groups in total. The quantitative estimate of drug-likeness (QED) is 0.246. The number of rotatable bonds is 9. The molecule has 1 amide bonds. The molecule has 44 heavy (non-hydrogen) atoms. The maximum absolute atomic E-state index is 13.4. The third-order valence-corrected chi connectivity index (χ3v) is 10.1. The number of hydrogen-bond donors (Lipinski definition) is 2. The largest absolute Gasteiger partial charge is 0.416 e. The summed E-state index contributed by atoms with van der Waals surface area (Å²) < 4.78 is 68.9. The number of likely N-dealkylation sites (tertiary alicyclic amines) is 1. The Morgan fingerprint density at radius 3 is 2.39 bits per heavy atom. The molecule has 0 spiro atoms. The standard InChI is InChI=1S/C32H34Cl2F3N3O3S/c33-25-15-23(16-26(34)18-25)30(39-44(42,43)27-8-5-7-24(17-27)32(35,36)37)19-31(41)38-29-9-4-6-22-14-21(10-11-28(22)29)20-40-12-2-1-3-13-40/h5,7-8,10-11,14-18,29-30,39H,1-4,6,9,12-13,19-20H2,(H,38,41)/t29-,30?/m1/s1. The van der Waals surface area contributed by atoms with E-state index in [9.17, 15) is 26.4 Å². The van der Waals surface area contributed by atoms with E-state index in [0.717, 1.165) is 62.7 Å². The van der Waals surface area contributed by atoms with Crippen LogP contribution in [0.1, 0.15) is 78.4 Å². The summed E-state index contributed by atoms with van der Waals surface area (Å²) in [4.78, 5) is 15.3. The van der Waals surface area contributed by atoms with E-state index in [0.29, 0.717) is 11.6 Å². The lowest BCUT2D eigenvalue weighted by Crippen LogP contribution is -2.36. The average Bonchev–Trinajstić information content (AvgIpc) is 2.96. The number of aryl methyl sites for hydroxylation is 1. The summed E-state index contributed by atoms with van der Waals surface area (Å²) in [6.07, 6.45) is 1.20. The van der Waals surface area contributed by atoms with Gasteiger partial charge in [0.05, 0.1) is 22.5 Å². The number of nitrogens with zero attached hydrogens (tertiary/aromatic N) is 1. The Hall–Kier alpha value is -2.63. The van der Waals surface area contributed by atoms with Crippen molar-refractivity contribution in [3.8, 4) is 0 Å². The van der Waals surface area contributed by atoms with Crippen molar-refractivity contribution in [3.63, 3.8) is 0 Å². The highest BCUT2D eigenvalue weighted by Gasteiger charge is 2.33. The second kappa shape index (κ2) is 13.8. The Balaban J connectivity index is 1.34. The van der Waals surface area contributed by atoms with Gasteiger partial charge in [-0.05, 0) is 104 Å². The van der Waals surface area contributed by atoms with Gasteiger partial charge in [0.25, 0.3) is 0 Å². The number of piperidine rings is 1. The van der Waals surface area contributed by atoms with Crippen molar-refractivity contribution in [2.24, 2.45) is 0 Å². The first-order valence-electron chi connectivity index (χ1n) is 14.7. The fourth-order valence-corrected chi connectivity index (χ4v) is 7.84. The van der Waals surface area contributed by atoms with Gasteiger partial charge in [-0.25, -0.2) is 13.1 Å². The van der Waals surface area contributed by atoms with Gasteiger partial charge in [-0.3, -0.25) is 9.69 Å². The summed E-state index contributed by atoms with van der Waals surface area (Å²) in [5, 5.41) is 3.50. The fourth-order valence-electron chi connectivity index (χ4n) is 6.03. The molecule has 1 heterocycles. The van der Waals surface area contributed by atoms with Crippen molar-refractivity contribution >= 4 is 39.1 Å². The van der Waals surface area contributed by atoms with Gasteiger partial charge < -0.3 is 5.32 Å². The number of carbonyl (C=O) groups is 1. The zero-order valence-electron chi connectivity index (χ0n) is 24.0. The van der Waals surface area contributed by atoms with E-state index < -0.39 is 38.6 Å². The molecule has 1 aliphatic carbocycles. The van der Waals surface area contributed by atoms with Gasteiger partial charge in [0, 0.05) is 23.0 Å². The molecule has 6 nitrogen and oxygen atoms in total. The Morgan fingerprint density at radius 1 is 0.955 bits per heavy atom. The van der Waals surface area contributed by atoms with E-state index in [1.165, 1.54) is 48.6 Å². The lowest BCUT2D eigenvalue weighted by molar-refractivity contribution is -0.137. The van der Waals surface area contributed by atoms with Crippen LogP contribution in [0.4, 0.5) is 13.2 Å². The molecule has 3 aromatic rings. The highest BCUT2D eigenvalue weighted by molar-refractivity contribution is 7.89. The average molecular weight is 669 g/mol. The molecular weight excluding hydrogens is 634 g/mol. The fraction of sp³-hybridized carbons (Fsp3) is 0.406. The monoisotopic (exact) mass is 667 g/mol. The normalized spacial score (nSPS) is 18.4. The highest BCUT2D eigenvalue weighted by Crippen LogP contribution is 2.34. The number of fused-ring (bicyclic) bond motifs is 1. The minimum absolute atomic E-state index is 0.220. The molecule has 236 valence electrons. The summed E-state index contributed by atoms with van der Waals surface area (Å²) in [6, 6.07) is 12.8. The van der Waals surface area contributed by atoms with Crippen molar-refractivity contribution in [1.82, 2.24) is 14.9 Å². The number of carbonyl (C=O) groups excluding carboxylic acids is 1. The predicted molar refractivity (Wildman–Crippen MR) is 165 cm³/mol. The lowest BCUT2D eigenvalue weighted by atomic mass is 9.86. The van der Waals surface area contributed by atoms with Gasteiger partial charge in [-0.2, -0.15) is 13.2 Å². The Kier molecular flexibility index (Phi) is 10.3. The van der Waals surface area contributed by atoms with Crippen molar-refractivity contribution in [2.75, 3.05) is 13.1 Å². The molecular formula is C32H34Cl2F3N3O3S. The van der Waals surface area contributed by atoms with Gasteiger partial charge in [0.1, 0.15) is 0 Å². The summed E-state index contributed by atoms with van der Waals surface area (Å²) in [5.41, 5.74) is 2.69. The van der Waals surface area contributed by atoms with Gasteiger partial charge in [-0.15, -0.1) is 0 Å². The molecule has 2 atom stereocenters. The zero-order valence-corrected chi connectivity index (χ0v) is 26.3. The molecule has 1 aliphatic heterocycles. The summed E-state index contributed by atoms with van der Waals surface area (Å²) in [6.45, 7) is 3.11. The molecule has 3 aromatic carbocycles. The topological polar surface area (TPSA) is 78.5 Å². The number of sulfonamides is 1. The van der Waals surface area contributed by atoms with Gasteiger partial charge >= 0.3 is 6.18 Å². The van der Waals surface area contributed by atoms with Crippen molar-refractivity contribution in [2.45, 2.75) is 74.6 Å². The van der Waals surface area contributed by atoms with Gasteiger partial charge in [0.15, 0.2) is 0 Å². The third kappa shape index (κ3) is 8.34. The molecule has 1 saturated heterocycles. The van der Waals surface area contributed by atoms with Crippen LogP contribution in [0.15, 0.2) is 65.6 Å². The van der Waals surface area contributed by atoms with E-state index in [1.807, 2.05) is 0 Å². The molecule has 0 aromatic heterocycles. The van der Waals surface area contributed by atoms with E-state index >= 15 is 0 Å². The lowest BCUT2D eigenvalue weighted by Gasteiger charge is -2.29. The van der Waals surface area contributed by atoms with Crippen LogP contribution in [-0.4, -0.2) is 32.3 Å². The number of amides is 1. The zero-order chi connectivity index (χ0) is 31.5. The Morgan fingerprint density at radius 2 is 1.68 bits per heavy atom. The number of hydrogen-bond acceptors (Lipinski definition) is 4. The van der Waals surface area contributed by atoms with Gasteiger partial charge in [0.2, 0.25) is 15.9 Å². The second-order valence-corrected chi connectivity index (χ2v) is 14.1. The molecule has 0 bridgehead atoms. The van der Waals surface area contributed by atoms with Crippen LogP contribution in [0, 0.1) is 0 Å². The van der Waals surface area contributed by atoms with Crippen LogP contribution in [0.3, 0.4) is 0 Å². The van der Waals surface area contributed by atoms with Crippen LogP contribution >= 0.6 is 23.2 Å². The summed E-state index contributed by atoms with van der Waals surface area (Å²) >= 11 is 12.4. The molecule has 0 radical (unpaired) electrons. The number of benzene rings is 3. The van der Waals surface area contributed by atoms with Crippen LogP contribution in [0.5, 0.6) is 0 Å². The van der Waals surface area contributed by atoms with E-state index in [-0.39, 0.29) is 22.5 Å². The van der Waals surface area contributed by atoms with Crippen LogP contribution in [0.25, 0.3) is 0 Å². The smallest absolute Gasteiger partial charge is 0.349 e. The number of nitrogens with one attached hydrogen (secondary N) is 2. The van der Waals surface area contributed by atoms with Crippen LogP contribution in [-0.2, 0) is 34.0 Å². The van der Waals surface area contributed by atoms with Crippen molar-refractivity contribution < 1.29 is 26.4 Å². The Bertz CT molecular complexity index is 1590. The first kappa shape index (κ1) is 32.8. The minimum atomic E-state index is -4.73. The summed E-state index contributed by atoms with van der Waals surface area (Å²) in [7, 11) is -4.48. The van der Waals surface area contributed by atoms with Gasteiger partial charge in [-0.1, -0.05) is 53.9 Å². The van der Waals surface area contributed by atoms with Crippen molar-refractivity contribution in [3.05, 3.63) is 98.5 Å². The number of halogens is 5. The molecule has 12 heteroatoms. The first-order valence-corrected chi connectivity index (χ1v) is 16.9. The second-order valence-electron chi connectivity index (χ2n) is 11.5. The molecule has 0 saturated carbocycles. The highest BCUT2D eigenvalue weighted by atomic mass is 35.5. The maximum Gasteiger partial charge on any atom is 0.416 e. The maximum atomic E-state index is 13.4. The van der Waals surface area contributed by atoms with Crippen LogP contribution < -0.4 is 10.0 Å². The van der Waals surface area contributed by atoms with E-state index in [4.69, 9.17) is 23.2 Å². The Labute approximate surface area is 266 Å². The third-order valence-electron chi connectivity index (χ3n) is 8.16. The minimum Gasteiger partial charge on any atom is -0.349 e. The van der Waals surface area contributed by atoms with E-state index in [2.05, 4.69) is 33.1 Å². The molecule has 2 aliphatic rings. The van der Waals surface area contributed by atoms with E-state index in [1.54, 1.807) is 0 Å². The van der Waals surface area contributed by atoms with Crippen LogP contribution in [0.2, 0.25) is 10.0 Å². The number of alkyl halides is 3. The predicted octanol–water partition coefficient (Wildman–Crippen LogP) is 7.60. The van der Waals surface area contributed by atoms with Crippen molar-refractivity contribution in [1.29, 1.82) is 0 Å². The molecule has 5 rings (SSSR count). The summed E-state index contributed by atoms with van der Waals surface area (Å²) in [5.74, 6) is -0.423.